The molecule has 0 unspecified atom stereocenters. The lowest BCUT2D eigenvalue weighted by molar-refractivity contribution is 1.01. The summed E-state index contributed by atoms with van der Waals surface area (Å²) in [6.07, 6.45) is 1.50. The van der Waals surface area contributed by atoms with E-state index in [2.05, 4.69) is 53.3 Å². The highest BCUT2D eigenvalue weighted by atomic mass is 79.9. The number of nitrogens with zero attached hydrogens (tertiary/aromatic N) is 3. The molecular formula is C14H12Br2N4. The second-order valence-electron chi connectivity index (χ2n) is 4.60. The molecule has 0 aliphatic heterocycles. The first kappa shape index (κ1) is 13.6. The van der Waals surface area contributed by atoms with E-state index in [9.17, 15) is 0 Å². The molecule has 0 radical (unpaired) electrons. The Morgan fingerprint density at radius 3 is 2.65 bits per heavy atom. The normalized spacial score (nSPS) is 11.2. The third-order valence-electron chi connectivity index (χ3n) is 3.47. The van der Waals surface area contributed by atoms with Crippen molar-refractivity contribution in [2.75, 3.05) is 5.73 Å². The first-order valence-electron chi connectivity index (χ1n) is 6.04. The lowest BCUT2D eigenvalue weighted by atomic mass is 10.2. The molecule has 2 heterocycles. The number of halogens is 2. The van der Waals surface area contributed by atoms with Crippen LogP contribution >= 0.6 is 31.9 Å². The maximum absolute atomic E-state index is 6.00. The van der Waals surface area contributed by atoms with Gasteiger partial charge in [-0.15, -0.1) is 0 Å². The number of benzene rings is 1. The molecule has 3 aromatic rings. The smallest absolute Gasteiger partial charge is 0.150 e. The van der Waals surface area contributed by atoms with Gasteiger partial charge in [-0.2, -0.15) is 0 Å². The minimum atomic E-state index is 0.514. The lowest BCUT2D eigenvalue weighted by Gasteiger charge is -2.10. The van der Waals surface area contributed by atoms with Gasteiger partial charge in [-0.3, -0.25) is 4.57 Å². The number of hydrogen-bond acceptors (Lipinski definition) is 3. The molecule has 0 saturated carbocycles. The highest BCUT2D eigenvalue weighted by Crippen LogP contribution is 2.33. The molecule has 0 atom stereocenters. The Labute approximate surface area is 133 Å². The van der Waals surface area contributed by atoms with Crippen molar-refractivity contribution in [2.45, 2.75) is 13.8 Å². The van der Waals surface area contributed by atoms with Crippen LogP contribution in [0, 0.1) is 13.8 Å². The van der Waals surface area contributed by atoms with Gasteiger partial charge in [0.1, 0.15) is 12.1 Å². The van der Waals surface area contributed by atoms with Crippen molar-refractivity contribution >= 4 is 48.7 Å². The van der Waals surface area contributed by atoms with Crippen molar-refractivity contribution < 1.29 is 0 Å². The van der Waals surface area contributed by atoms with Crippen molar-refractivity contribution in [2.24, 2.45) is 0 Å². The first-order chi connectivity index (χ1) is 9.50. The number of fused-ring (bicyclic) bond motifs is 1. The summed E-state index contributed by atoms with van der Waals surface area (Å²) in [5, 5.41) is 0.914. The number of aryl methyl sites for hydroxylation is 1. The number of hydrogen-bond donors (Lipinski definition) is 1. The molecule has 0 aliphatic rings. The Balaban J connectivity index is 2.46. The fourth-order valence-electron chi connectivity index (χ4n) is 2.38. The highest BCUT2D eigenvalue weighted by Gasteiger charge is 2.17. The summed E-state index contributed by atoms with van der Waals surface area (Å²) >= 11 is 7.11. The van der Waals surface area contributed by atoms with Crippen LogP contribution < -0.4 is 5.73 Å². The molecule has 0 bridgehead atoms. The molecule has 0 saturated heterocycles. The van der Waals surface area contributed by atoms with E-state index in [-0.39, 0.29) is 0 Å². The predicted octanol–water partition coefficient (Wildman–Crippen LogP) is 4.14. The Bertz CT molecular complexity index is 824. The molecule has 4 nitrogen and oxygen atoms in total. The summed E-state index contributed by atoms with van der Waals surface area (Å²) in [5.74, 6) is 0.514. The minimum Gasteiger partial charge on any atom is -0.383 e. The van der Waals surface area contributed by atoms with Crippen LogP contribution in [0.25, 0.3) is 16.7 Å². The summed E-state index contributed by atoms with van der Waals surface area (Å²) in [6.45, 7) is 4.10. The number of aromatic nitrogens is 3. The largest absolute Gasteiger partial charge is 0.383 e. The Kier molecular flexibility index (Phi) is 3.30. The molecule has 0 spiro atoms. The molecule has 1 aromatic carbocycles. The van der Waals surface area contributed by atoms with Gasteiger partial charge in [0.25, 0.3) is 0 Å². The summed E-state index contributed by atoms with van der Waals surface area (Å²) in [4.78, 5) is 8.50. The zero-order valence-electron chi connectivity index (χ0n) is 11.0. The highest BCUT2D eigenvalue weighted by molar-refractivity contribution is 9.11. The maximum atomic E-state index is 6.00. The van der Waals surface area contributed by atoms with E-state index in [0.717, 1.165) is 36.9 Å². The average molecular weight is 396 g/mol. The van der Waals surface area contributed by atoms with Crippen molar-refractivity contribution in [3.8, 4) is 5.69 Å². The van der Waals surface area contributed by atoms with E-state index in [4.69, 9.17) is 5.73 Å². The number of anilines is 1. The van der Waals surface area contributed by atoms with Crippen LogP contribution in [0.2, 0.25) is 0 Å². The van der Waals surface area contributed by atoms with E-state index in [1.165, 1.54) is 6.33 Å². The molecule has 2 aromatic heterocycles. The quantitative estimate of drug-likeness (QED) is 0.673. The standard InChI is InChI=1S/C14H12Br2N4/c1-7-8(2)20(11-5-9(15)3-4-10(11)16)14-12(7)13(17)18-6-19-14/h3-6H,1-2H3,(H2,17,18,19). The molecule has 0 aliphatic carbocycles. The van der Waals surface area contributed by atoms with Gasteiger partial charge >= 0.3 is 0 Å². The zero-order valence-corrected chi connectivity index (χ0v) is 14.2. The Morgan fingerprint density at radius 1 is 1.15 bits per heavy atom. The summed E-state index contributed by atoms with van der Waals surface area (Å²) in [6, 6.07) is 6.05. The zero-order chi connectivity index (χ0) is 14.4. The molecule has 0 amide bonds. The molecule has 102 valence electrons. The molecule has 3 rings (SSSR count). The van der Waals surface area contributed by atoms with Crippen LogP contribution in [0.15, 0.2) is 33.5 Å². The van der Waals surface area contributed by atoms with Crippen molar-refractivity contribution in [1.82, 2.24) is 14.5 Å². The summed E-state index contributed by atoms with van der Waals surface area (Å²) < 4.78 is 4.10. The van der Waals surface area contributed by atoms with Crippen molar-refractivity contribution in [1.29, 1.82) is 0 Å². The van der Waals surface area contributed by atoms with Gasteiger partial charge < -0.3 is 5.73 Å². The SMILES string of the molecule is Cc1c(C)n(-c2cc(Br)ccc2Br)c2ncnc(N)c12. The van der Waals surface area contributed by atoms with Crippen LogP contribution in [0.3, 0.4) is 0 Å². The third kappa shape index (κ3) is 1.94. The number of nitrogens with two attached hydrogens (primary N) is 1. The number of nitrogen functional groups attached to an aromatic ring is 1. The second kappa shape index (κ2) is 4.86. The third-order valence-corrected chi connectivity index (χ3v) is 4.63. The van der Waals surface area contributed by atoms with Crippen molar-refractivity contribution in [3.05, 3.63) is 44.7 Å². The summed E-state index contributed by atoms with van der Waals surface area (Å²) in [7, 11) is 0. The maximum Gasteiger partial charge on any atom is 0.150 e. The van der Waals surface area contributed by atoms with E-state index < -0.39 is 0 Å². The van der Waals surface area contributed by atoms with Gasteiger partial charge in [-0.05, 0) is 53.5 Å². The van der Waals surface area contributed by atoms with E-state index in [1.54, 1.807) is 0 Å². The average Bonchev–Trinajstić information content (AvgIpc) is 2.66. The van der Waals surface area contributed by atoms with Gasteiger partial charge in [-0.25, -0.2) is 9.97 Å². The summed E-state index contributed by atoms with van der Waals surface area (Å²) in [5.41, 5.74) is 10.1. The van der Waals surface area contributed by atoms with E-state index in [1.807, 2.05) is 25.1 Å². The van der Waals surface area contributed by atoms with Gasteiger partial charge in [0, 0.05) is 14.6 Å². The Morgan fingerprint density at radius 2 is 1.90 bits per heavy atom. The monoisotopic (exact) mass is 394 g/mol. The van der Waals surface area contributed by atoms with Crippen LogP contribution in [0.5, 0.6) is 0 Å². The van der Waals surface area contributed by atoms with Gasteiger partial charge in [0.15, 0.2) is 5.65 Å². The topological polar surface area (TPSA) is 56.7 Å². The molecular weight excluding hydrogens is 384 g/mol. The first-order valence-corrected chi connectivity index (χ1v) is 7.63. The second-order valence-corrected chi connectivity index (χ2v) is 6.37. The minimum absolute atomic E-state index is 0.514. The van der Waals surface area contributed by atoms with E-state index >= 15 is 0 Å². The fourth-order valence-corrected chi connectivity index (χ4v) is 3.15. The van der Waals surface area contributed by atoms with Crippen LogP contribution in [0.1, 0.15) is 11.3 Å². The molecule has 2 N–H and O–H groups in total. The van der Waals surface area contributed by atoms with Crippen LogP contribution in [-0.2, 0) is 0 Å². The van der Waals surface area contributed by atoms with Gasteiger partial charge in [0.05, 0.1) is 11.1 Å². The molecule has 20 heavy (non-hydrogen) atoms. The fraction of sp³-hybridized carbons (Fsp3) is 0.143. The lowest BCUT2D eigenvalue weighted by Crippen LogP contribution is -2.00. The molecule has 0 fully saturated rings. The predicted molar refractivity (Wildman–Crippen MR) is 88.2 cm³/mol. The van der Waals surface area contributed by atoms with Gasteiger partial charge in [-0.1, -0.05) is 15.9 Å². The van der Waals surface area contributed by atoms with Crippen molar-refractivity contribution in [3.63, 3.8) is 0 Å². The Hall–Kier alpha value is -1.40. The van der Waals surface area contributed by atoms with Crippen LogP contribution in [0.4, 0.5) is 5.82 Å². The van der Waals surface area contributed by atoms with Crippen LogP contribution in [-0.4, -0.2) is 14.5 Å². The number of rotatable bonds is 1. The van der Waals surface area contributed by atoms with Gasteiger partial charge in [0.2, 0.25) is 0 Å². The van der Waals surface area contributed by atoms with E-state index in [0.29, 0.717) is 5.82 Å². The molecule has 6 heteroatoms.